The van der Waals surface area contributed by atoms with Gasteiger partial charge in [0.05, 0.1) is 6.61 Å². The van der Waals surface area contributed by atoms with E-state index in [1.807, 2.05) is 6.07 Å². The van der Waals surface area contributed by atoms with Crippen molar-refractivity contribution < 1.29 is 14.7 Å². The molecule has 1 atom stereocenters. The molecule has 2 rings (SSSR count). The van der Waals surface area contributed by atoms with E-state index >= 15 is 0 Å². The van der Waals surface area contributed by atoms with E-state index in [0.717, 1.165) is 12.1 Å². The summed E-state index contributed by atoms with van der Waals surface area (Å²) in [5.41, 5.74) is 1.22. The third kappa shape index (κ3) is 3.85. The number of likely N-dealkylation sites (tertiary alicyclic amines) is 1. The van der Waals surface area contributed by atoms with Crippen molar-refractivity contribution in [3.8, 4) is 0 Å². The molecule has 0 saturated carbocycles. The SMILES string of the molecule is C=CCN1CC[C@H](Nc2cccc(C(=O)NCCO)c2)C1=O. The number of rotatable bonds is 7. The van der Waals surface area contributed by atoms with Crippen molar-refractivity contribution in [2.24, 2.45) is 0 Å². The van der Waals surface area contributed by atoms with Gasteiger partial charge in [0.15, 0.2) is 0 Å². The van der Waals surface area contributed by atoms with Gasteiger partial charge in [-0.2, -0.15) is 0 Å². The van der Waals surface area contributed by atoms with Crippen LogP contribution in [0.15, 0.2) is 36.9 Å². The summed E-state index contributed by atoms with van der Waals surface area (Å²) < 4.78 is 0. The van der Waals surface area contributed by atoms with E-state index in [4.69, 9.17) is 5.11 Å². The Morgan fingerprint density at radius 3 is 3.05 bits per heavy atom. The number of anilines is 1. The number of carbonyl (C=O) groups is 2. The van der Waals surface area contributed by atoms with E-state index in [1.54, 1.807) is 29.2 Å². The van der Waals surface area contributed by atoms with Crippen molar-refractivity contribution in [3.63, 3.8) is 0 Å². The predicted octanol–water partition coefficient (Wildman–Crippen LogP) is 0.607. The largest absolute Gasteiger partial charge is 0.395 e. The molecule has 1 aliphatic heterocycles. The Balaban J connectivity index is 2.00. The molecule has 1 saturated heterocycles. The first-order valence-corrected chi connectivity index (χ1v) is 7.31. The lowest BCUT2D eigenvalue weighted by Gasteiger charge is -2.16. The zero-order valence-electron chi connectivity index (χ0n) is 12.4. The monoisotopic (exact) mass is 303 g/mol. The molecule has 2 amide bonds. The van der Waals surface area contributed by atoms with E-state index < -0.39 is 0 Å². The third-order valence-corrected chi connectivity index (χ3v) is 3.51. The molecule has 0 spiro atoms. The molecule has 6 nitrogen and oxygen atoms in total. The molecule has 0 unspecified atom stereocenters. The average molecular weight is 303 g/mol. The first-order valence-electron chi connectivity index (χ1n) is 7.31. The fraction of sp³-hybridized carbons (Fsp3) is 0.375. The van der Waals surface area contributed by atoms with Gasteiger partial charge in [-0.25, -0.2) is 0 Å². The standard InChI is InChI=1S/C16H21N3O3/c1-2-8-19-9-6-14(16(19)22)18-13-5-3-4-12(11-13)15(21)17-7-10-20/h2-5,11,14,18,20H,1,6-10H2,(H,17,21)/t14-/m0/s1. The number of nitrogens with zero attached hydrogens (tertiary/aromatic N) is 1. The lowest BCUT2D eigenvalue weighted by molar-refractivity contribution is -0.127. The summed E-state index contributed by atoms with van der Waals surface area (Å²) in [6, 6.07) is 6.72. The summed E-state index contributed by atoms with van der Waals surface area (Å²) in [4.78, 5) is 25.8. The second kappa shape index (κ2) is 7.61. The molecule has 1 aromatic rings. The topological polar surface area (TPSA) is 81.7 Å². The van der Waals surface area contributed by atoms with Crippen LogP contribution in [-0.4, -0.2) is 54.1 Å². The van der Waals surface area contributed by atoms with Gasteiger partial charge >= 0.3 is 0 Å². The highest BCUT2D eigenvalue weighted by Crippen LogP contribution is 2.18. The van der Waals surface area contributed by atoms with Gasteiger partial charge in [-0.3, -0.25) is 9.59 Å². The van der Waals surface area contributed by atoms with Crippen molar-refractivity contribution in [1.29, 1.82) is 0 Å². The molecule has 0 aromatic heterocycles. The number of hydrogen-bond acceptors (Lipinski definition) is 4. The van der Waals surface area contributed by atoms with Gasteiger partial charge in [0.2, 0.25) is 5.91 Å². The van der Waals surface area contributed by atoms with Crippen LogP contribution in [0, 0.1) is 0 Å². The summed E-state index contributed by atoms with van der Waals surface area (Å²) in [6.07, 6.45) is 2.44. The summed E-state index contributed by atoms with van der Waals surface area (Å²) >= 11 is 0. The summed E-state index contributed by atoms with van der Waals surface area (Å²) in [5.74, 6) is -0.196. The Labute approximate surface area is 129 Å². The van der Waals surface area contributed by atoms with Crippen LogP contribution in [0.25, 0.3) is 0 Å². The molecule has 1 aromatic carbocycles. The molecule has 1 aliphatic rings. The second-order valence-electron chi connectivity index (χ2n) is 5.12. The van der Waals surface area contributed by atoms with E-state index in [1.165, 1.54) is 0 Å². The minimum atomic E-state index is -0.268. The van der Waals surface area contributed by atoms with Crippen LogP contribution < -0.4 is 10.6 Å². The highest BCUT2D eigenvalue weighted by atomic mass is 16.3. The number of carbonyl (C=O) groups excluding carboxylic acids is 2. The maximum atomic E-state index is 12.2. The van der Waals surface area contributed by atoms with Crippen LogP contribution >= 0.6 is 0 Å². The van der Waals surface area contributed by atoms with Crippen molar-refractivity contribution in [2.45, 2.75) is 12.5 Å². The summed E-state index contributed by atoms with van der Waals surface area (Å²) in [7, 11) is 0. The molecule has 6 heteroatoms. The van der Waals surface area contributed by atoms with Crippen LogP contribution in [0.1, 0.15) is 16.8 Å². The second-order valence-corrected chi connectivity index (χ2v) is 5.12. The van der Waals surface area contributed by atoms with Crippen LogP contribution in [0.2, 0.25) is 0 Å². The van der Waals surface area contributed by atoms with Crippen molar-refractivity contribution in [3.05, 3.63) is 42.5 Å². The molecule has 1 fully saturated rings. The smallest absolute Gasteiger partial charge is 0.251 e. The quantitative estimate of drug-likeness (QED) is 0.645. The van der Waals surface area contributed by atoms with Gasteiger partial charge in [0.1, 0.15) is 6.04 Å². The van der Waals surface area contributed by atoms with E-state index in [-0.39, 0.29) is 31.0 Å². The molecular weight excluding hydrogens is 282 g/mol. The Morgan fingerprint density at radius 2 is 2.32 bits per heavy atom. The molecule has 22 heavy (non-hydrogen) atoms. The number of benzene rings is 1. The number of amides is 2. The fourth-order valence-electron chi connectivity index (χ4n) is 2.43. The highest BCUT2D eigenvalue weighted by Gasteiger charge is 2.30. The van der Waals surface area contributed by atoms with Gasteiger partial charge in [0, 0.05) is 30.9 Å². The Bertz CT molecular complexity index is 559. The lowest BCUT2D eigenvalue weighted by atomic mass is 10.1. The summed E-state index contributed by atoms with van der Waals surface area (Å²) in [5, 5.41) is 14.5. The lowest BCUT2D eigenvalue weighted by Crippen LogP contribution is -2.33. The Morgan fingerprint density at radius 1 is 1.50 bits per heavy atom. The Hall–Kier alpha value is -2.34. The van der Waals surface area contributed by atoms with E-state index in [9.17, 15) is 9.59 Å². The number of aliphatic hydroxyl groups is 1. The van der Waals surface area contributed by atoms with Crippen LogP contribution in [0.4, 0.5) is 5.69 Å². The van der Waals surface area contributed by atoms with E-state index in [0.29, 0.717) is 18.7 Å². The minimum absolute atomic E-state index is 0.0510. The van der Waals surface area contributed by atoms with Gasteiger partial charge < -0.3 is 20.6 Å². The molecule has 0 aliphatic carbocycles. The first kappa shape index (κ1) is 16.0. The maximum absolute atomic E-state index is 12.2. The first-order chi connectivity index (χ1) is 10.7. The number of aliphatic hydroxyl groups excluding tert-OH is 1. The van der Waals surface area contributed by atoms with Gasteiger partial charge in [-0.05, 0) is 24.6 Å². The average Bonchev–Trinajstić information content (AvgIpc) is 2.86. The molecule has 0 bridgehead atoms. The van der Waals surface area contributed by atoms with Gasteiger partial charge in [-0.1, -0.05) is 12.1 Å². The predicted molar refractivity (Wildman–Crippen MR) is 84.7 cm³/mol. The number of nitrogens with one attached hydrogen (secondary N) is 2. The van der Waals surface area contributed by atoms with Gasteiger partial charge in [-0.15, -0.1) is 6.58 Å². The summed E-state index contributed by atoms with van der Waals surface area (Å²) in [6.45, 7) is 5.03. The van der Waals surface area contributed by atoms with Gasteiger partial charge in [0.25, 0.3) is 5.91 Å². The van der Waals surface area contributed by atoms with E-state index in [2.05, 4.69) is 17.2 Å². The fourth-order valence-corrected chi connectivity index (χ4v) is 2.43. The maximum Gasteiger partial charge on any atom is 0.251 e. The molecule has 1 heterocycles. The van der Waals surface area contributed by atoms with Crippen LogP contribution in [0.3, 0.4) is 0 Å². The molecule has 0 radical (unpaired) electrons. The van der Waals surface area contributed by atoms with Crippen LogP contribution in [-0.2, 0) is 4.79 Å². The van der Waals surface area contributed by atoms with Crippen molar-refractivity contribution >= 4 is 17.5 Å². The molecule has 3 N–H and O–H groups in total. The zero-order chi connectivity index (χ0) is 15.9. The molecule has 118 valence electrons. The molecular formula is C16H21N3O3. The van der Waals surface area contributed by atoms with Crippen molar-refractivity contribution in [1.82, 2.24) is 10.2 Å². The van der Waals surface area contributed by atoms with Crippen molar-refractivity contribution in [2.75, 3.05) is 31.6 Å². The Kier molecular flexibility index (Phi) is 5.55. The highest BCUT2D eigenvalue weighted by molar-refractivity contribution is 5.95. The third-order valence-electron chi connectivity index (χ3n) is 3.51. The zero-order valence-corrected chi connectivity index (χ0v) is 12.4. The number of hydrogen-bond donors (Lipinski definition) is 3. The minimum Gasteiger partial charge on any atom is -0.395 e. The normalized spacial score (nSPS) is 17.4. The van der Waals surface area contributed by atoms with Crippen LogP contribution in [0.5, 0.6) is 0 Å².